The number of nitrogens with zero attached hydrogens (tertiary/aromatic N) is 2. The zero-order chi connectivity index (χ0) is 12.8. The first-order chi connectivity index (χ1) is 8.75. The van der Waals surface area contributed by atoms with Gasteiger partial charge in [0.25, 0.3) is 0 Å². The maximum atomic E-state index is 4.07. The summed E-state index contributed by atoms with van der Waals surface area (Å²) in [6, 6.07) is 0.748. The molecule has 1 saturated carbocycles. The molecule has 102 valence electrons. The van der Waals surface area contributed by atoms with E-state index >= 15 is 0 Å². The molecule has 4 heteroatoms. The lowest BCUT2D eigenvalue weighted by atomic mass is 9.80. The normalized spacial score (nSPS) is 24.6. The monoisotopic (exact) mass is 250 g/mol. The maximum absolute atomic E-state index is 4.07. The van der Waals surface area contributed by atoms with Crippen molar-refractivity contribution in [2.75, 3.05) is 6.54 Å². The molecule has 2 N–H and O–H groups in total. The molecule has 0 aliphatic heterocycles. The van der Waals surface area contributed by atoms with Gasteiger partial charge in [-0.15, -0.1) is 0 Å². The van der Waals surface area contributed by atoms with Gasteiger partial charge in [0.2, 0.25) is 0 Å². The quantitative estimate of drug-likeness (QED) is 0.763. The molecule has 1 heterocycles. The van der Waals surface area contributed by atoms with Crippen molar-refractivity contribution in [3.05, 3.63) is 11.9 Å². The Morgan fingerprint density at radius 1 is 1.33 bits per heavy atom. The molecular weight excluding hydrogens is 224 g/mol. The minimum absolute atomic E-state index is 0.748. The Hall–Kier alpha value is -0.900. The van der Waals surface area contributed by atoms with E-state index < -0.39 is 0 Å². The Labute approximate surface area is 110 Å². The number of aromatic amines is 1. The number of rotatable bonds is 6. The second kappa shape index (κ2) is 6.88. The van der Waals surface area contributed by atoms with E-state index in [-0.39, 0.29) is 0 Å². The van der Waals surface area contributed by atoms with Gasteiger partial charge in [-0.25, -0.2) is 0 Å². The molecule has 1 aromatic rings. The molecular formula is C14H26N4. The maximum Gasteiger partial charge on any atom is 0.0825 e. The van der Waals surface area contributed by atoms with Crippen LogP contribution >= 0.6 is 0 Å². The summed E-state index contributed by atoms with van der Waals surface area (Å²) < 4.78 is 0. The topological polar surface area (TPSA) is 53.6 Å². The van der Waals surface area contributed by atoms with Crippen molar-refractivity contribution in [1.82, 2.24) is 20.7 Å². The highest BCUT2D eigenvalue weighted by molar-refractivity contribution is 4.90. The molecule has 0 bridgehead atoms. The smallest absolute Gasteiger partial charge is 0.0825 e. The van der Waals surface area contributed by atoms with Crippen LogP contribution in [0.5, 0.6) is 0 Å². The molecule has 0 atom stereocenters. The molecule has 0 spiro atoms. The first-order valence-corrected chi connectivity index (χ1v) is 7.33. The first-order valence-electron chi connectivity index (χ1n) is 7.33. The summed E-state index contributed by atoms with van der Waals surface area (Å²) >= 11 is 0. The summed E-state index contributed by atoms with van der Waals surface area (Å²) in [6.07, 6.45) is 9.49. The van der Waals surface area contributed by atoms with Gasteiger partial charge in [0.15, 0.2) is 0 Å². The number of hydrogen-bond acceptors (Lipinski definition) is 3. The third-order valence-corrected chi connectivity index (χ3v) is 4.22. The lowest BCUT2D eigenvalue weighted by Gasteiger charge is -2.31. The minimum Gasteiger partial charge on any atom is -0.314 e. The van der Waals surface area contributed by atoms with E-state index in [4.69, 9.17) is 0 Å². The molecule has 1 aromatic heterocycles. The second-order valence-electron chi connectivity index (χ2n) is 5.87. The number of aromatic nitrogens is 3. The molecule has 2 rings (SSSR count). The molecule has 0 unspecified atom stereocenters. The van der Waals surface area contributed by atoms with E-state index in [0.717, 1.165) is 43.0 Å². The Morgan fingerprint density at radius 3 is 2.72 bits per heavy atom. The SMILES string of the molecule is CC(C)C1CCC(NCCCc2cn[nH]n2)CC1. The van der Waals surface area contributed by atoms with E-state index in [2.05, 4.69) is 34.6 Å². The Morgan fingerprint density at radius 2 is 2.11 bits per heavy atom. The average Bonchev–Trinajstić information content (AvgIpc) is 2.88. The number of hydrogen-bond donors (Lipinski definition) is 2. The number of nitrogens with one attached hydrogen (secondary N) is 2. The van der Waals surface area contributed by atoms with Gasteiger partial charge >= 0.3 is 0 Å². The lowest BCUT2D eigenvalue weighted by molar-refractivity contribution is 0.239. The average molecular weight is 250 g/mol. The molecule has 4 nitrogen and oxygen atoms in total. The summed E-state index contributed by atoms with van der Waals surface area (Å²) in [7, 11) is 0. The lowest BCUT2D eigenvalue weighted by Crippen LogP contribution is -2.34. The summed E-state index contributed by atoms with van der Waals surface area (Å²) in [4.78, 5) is 0. The van der Waals surface area contributed by atoms with Crippen LogP contribution in [-0.4, -0.2) is 28.0 Å². The fraction of sp³-hybridized carbons (Fsp3) is 0.857. The van der Waals surface area contributed by atoms with Gasteiger partial charge in [-0.2, -0.15) is 15.4 Å². The van der Waals surface area contributed by atoms with Crippen molar-refractivity contribution in [3.8, 4) is 0 Å². The highest BCUT2D eigenvalue weighted by Crippen LogP contribution is 2.29. The van der Waals surface area contributed by atoms with Crippen molar-refractivity contribution in [1.29, 1.82) is 0 Å². The van der Waals surface area contributed by atoms with Crippen molar-refractivity contribution in [3.63, 3.8) is 0 Å². The fourth-order valence-corrected chi connectivity index (χ4v) is 2.91. The molecule has 1 aliphatic carbocycles. The highest BCUT2D eigenvalue weighted by atomic mass is 15.3. The van der Waals surface area contributed by atoms with E-state index in [1.54, 1.807) is 0 Å². The highest BCUT2D eigenvalue weighted by Gasteiger charge is 2.22. The zero-order valence-electron chi connectivity index (χ0n) is 11.7. The van der Waals surface area contributed by atoms with Crippen LogP contribution in [0.15, 0.2) is 6.20 Å². The molecule has 0 saturated heterocycles. The van der Waals surface area contributed by atoms with Gasteiger partial charge in [-0.1, -0.05) is 13.8 Å². The number of aryl methyl sites for hydroxylation is 1. The number of H-pyrrole nitrogens is 1. The molecule has 0 amide bonds. The summed E-state index contributed by atoms with van der Waals surface area (Å²) in [5.74, 6) is 1.82. The van der Waals surface area contributed by atoms with Gasteiger partial charge in [0.1, 0.15) is 0 Å². The van der Waals surface area contributed by atoms with Crippen LogP contribution in [0.1, 0.15) is 51.6 Å². The predicted octanol–water partition coefficient (Wildman–Crippen LogP) is 2.54. The van der Waals surface area contributed by atoms with Gasteiger partial charge in [0, 0.05) is 6.04 Å². The van der Waals surface area contributed by atoms with Crippen LogP contribution in [-0.2, 0) is 6.42 Å². The van der Waals surface area contributed by atoms with E-state index in [1.165, 1.54) is 25.7 Å². The molecule has 1 aliphatic rings. The van der Waals surface area contributed by atoms with Crippen LogP contribution in [0.4, 0.5) is 0 Å². The Balaban J connectivity index is 1.55. The minimum atomic E-state index is 0.748. The standard InChI is InChI=1S/C14H26N4/c1-11(2)12-5-7-13(8-6-12)15-9-3-4-14-10-16-18-17-14/h10-13,15H,3-9H2,1-2H3,(H,16,17,18). The van der Waals surface area contributed by atoms with Crippen LogP contribution in [0.25, 0.3) is 0 Å². The zero-order valence-corrected chi connectivity index (χ0v) is 11.7. The molecule has 0 aromatic carbocycles. The molecule has 18 heavy (non-hydrogen) atoms. The third kappa shape index (κ3) is 4.09. The largest absolute Gasteiger partial charge is 0.314 e. The van der Waals surface area contributed by atoms with Gasteiger partial charge in [-0.3, -0.25) is 0 Å². The second-order valence-corrected chi connectivity index (χ2v) is 5.87. The third-order valence-electron chi connectivity index (χ3n) is 4.22. The van der Waals surface area contributed by atoms with Crippen molar-refractivity contribution in [2.24, 2.45) is 11.8 Å². The summed E-state index contributed by atoms with van der Waals surface area (Å²) in [5.41, 5.74) is 1.07. The molecule has 1 fully saturated rings. The van der Waals surface area contributed by atoms with Crippen LogP contribution < -0.4 is 5.32 Å². The van der Waals surface area contributed by atoms with E-state index in [1.807, 2.05) is 6.20 Å². The van der Waals surface area contributed by atoms with Gasteiger partial charge < -0.3 is 5.32 Å². The summed E-state index contributed by atoms with van der Waals surface area (Å²) in [5, 5.41) is 14.2. The van der Waals surface area contributed by atoms with Crippen LogP contribution in [0, 0.1) is 11.8 Å². The van der Waals surface area contributed by atoms with Crippen LogP contribution in [0.3, 0.4) is 0 Å². The van der Waals surface area contributed by atoms with E-state index in [9.17, 15) is 0 Å². The first kappa shape index (κ1) is 13.5. The van der Waals surface area contributed by atoms with Crippen molar-refractivity contribution < 1.29 is 0 Å². The van der Waals surface area contributed by atoms with Crippen molar-refractivity contribution in [2.45, 2.75) is 58.4 Å². The predicted molar refractivity (Wildman–Crippen MR) is 73.3 cm³/mol. The van der Waals surface area contributed by atoms with Gasteiger partial charge in [0.05, 0.1) is 11.9 Å². The summed E-state index contributed by atoms with van der Waals surface area (Å²) in [6.45, 7) is 5.82. The van der Waals surface area contributed by atoms with Gasteiger partial charge in [-0.05, 0) is 56.9 Å². The van der Waals surface area contributed by atoms with Crippen LogP contribution in [0.2, 0.25) is 0 Å². The Kier molecular flexibility index (Phi) is 5.17. The van der Waals surface area contributed by atoms with E-state index in [0.29, 0.717) is 0 Å². The molecule has 0 radical (unpaired) electrons. The Bertz CT molecular complexity index is 313. The van der Waals surface area contributed by atoms with Crippen molar-refractivity contribution >= 4 is 0 Å². The fourth-order valence-electron chi connectivity index (χ4n) is 2.91.